The molecule has 0 bridgehead atoms. The number of rotatable bonds is 5. The zero-order valence-electron chi connectivity index (χ0n) is 12.6. The van der Waals surface area contributed by atoms with E-state index in [1.807, 2.05) is 17.5 Å². The summed E-state index contributed by atoms with van der Waals surface area (Å²) in [4.78, 5) is 3.59. The van der Waals surface area contributed by atoms with Gasteiger partial charge in [-0.25, -0.2) is 12.7 Å². The van der Waals surface area contributed by atoms with E-state index in [2.05, 4.69) is 10.2 Å². The van der Waals surface area contributed by atoms with Gasteiger partial charge in [0, 0.05) is 50.2 Å². The van der Waals surface area contributed by atoms with Crippen LogP contribution in [0.15, 0.2) is 17.5 Å². The minimum Gasteiger partial charge on any atom is -0.314 e. The average molecular weight is 366 g/mol. The first-order valence-electron chi connectivity index (χ1n) is 7.60. The number of hydrogen-bond acceptors (Lipinski definition) is 5. The third kappa shape index (κ3) is 4.43. The number of nitrogens with one attached hydrogen (secondary N) is 1. The van der Waals surface area contributed by atoms with Gasteiger partial charge in [-0.15, -0.1) is 23.7 Å². The largest absolute Gasteiger partial charge is 0.314 e. The molecule has 2 aliphatic heterocycles. The molecule has 2 aliphatic rings. The monoisotopic (exact) mass is 365 g/mol. The lowest BCUT2D eigenvalue weighted by atomic mass is 10.2. The van der Waals surface area contributed by atoms with Gasteiger partial charge >= 0.3 is 0 Å². The number of piperazine rings is 1. The molecule has 22 heavy (non-hydrogen) atoms. The lowest BCUT2D eigenvalue weighted by Gasteiger charge is -2.32. The summed E-state index contributed by atoms with van der Waals surface area (Å²) in [6.45, 7) is 5.46. The Labute approximate surface area is 143 Å². The molecule has 3 rings (SSSR count). The van der Waals surface area contributed by atoms with E-state index >= 15 is 0 Å². The third-order valence-electron chi connectivity index (χ3n) is 4.37. The highest BCUT2D eigenvalue weighted by atomic mass is 35.5. The maximum absolute atomic E-state index is 12.5. The summed E-state index contributed by atoms with van der Waals surface area (Å²) in [5.41, 5.74) is 0. The molecule has 8 heteroatoms. The van der Waals surface area contributed by atoms with Crippen LogP contribution in [0.5, 0.6) is 0 Å². The van der Waals surface area contributed by atoms with Gasteiger partial charge in [0.2, 0.25) is 10.0 Å². The molecule has 2 fully saturated rings. The molecule has 1 N–H and O–H groups in total. The quantitative estimate of drug-likeness (QED) is 0.846. The van der Waals surface area contributed by atoms with E-state index in [0.29, 0.717) is 25.6 Å². The number of halogens is 1. The van der Waals surface area contributed by atoms with Crippen LogP contribution in [0.4, 0.5) is 0 Å². The molecular formula is C14H24ClN3O2S2. The Morgan fingerprint density at radius 3 is 2.73 bits per heavy atom. The smallest absolute Gasteiger partial charge is 0.214 e. The van der Waals surface area contributed by atoms with Crippen molar-refractivity contribution in [1.29, 1.82) is 0 Å². The Bertz CT molecular complexity index is 544. The van der Waals surface area contributed by atoms with Crippen molar-refractivity contribution in [2.24, 2.45) is 0 Å². The number of hydrogen-bond donors (Lipinski definition) is 1. The molecule has 0 aliphatic carbocycles. The third-order valence-corrected chi connectivity index (χ3v) is 7.15. The second-order valence-corrected chi connectivity index (χ2v) is 8.85. The van der Waals surface area contributed by atoms with Crippen LogP contribution in [-0.2, 0) is 16.4 Å². The van der Waals surface area contributed by atoms with Crippen molar-refractivity contribution in [2.75, 3.05) is 45.0 Å². The number of aryl methyl sites for hydroxylation is 1. The SMILES string of the molecule is Cl.O=S(=O)(CCc1cccs1)N1CCC(N2CCNCC2)C1. The van der Waals surface area contributed by atoms with E-state index in [1.54, 1.807) is 15.6 Å². The highest BCUT2D eigenvalue weighted by Gasteiger charge is 2.34. The molecule has 3 heterocycles. The molecule has 2 saturated heterocycles. The molecule has 1 unspecified atom stereocenters. The summed E-state index contributed by atoms with van der Waals surface area (Å²) in [5.74, 6) is 0.238. The number of nitrogens with zero attached hydrogens (tertiary/aromatic N) is 2. The van der Waals surface area contributed by atoms with E-state index in [4.69, 9.17) is 0 Å². The van der Waals surface area contributed by atoms with Gasteiger partial charge in [0.25, 0.3) is 0 Å². The van der Waals surface area contributed by atoms with Gasteiger partial charge in [-0.3, -0.25) is 4.90 Å². The molecule has 0 amide bonds. The van der Waals surface area contributed by atoms with E-state index < -0.39 is 10.0 Å². The highest BCUT2D eigenvalue weighted by molar-refractivity contribution is 7.89. The average Bonchev–Trinajstić information content (AvgIpc) is 3.18. The summed E-state index contributed by atoms with van der Waals surface area (Å²) in [6.07, 6.45) is 1.60. The maximum Gasteiger partial charge on any atom is 0.214 e. The van der Waals surface area contributed by atoms with Crippen LogP contribution in [0, 0.1) is 0 Å². The zero-order chi connectivity index (χ0) is 14.7. The molecule has 1 atom stereocenters. The first kappa shape index (κ1) is 18.2. The zero-order valence-corrected chi connectivity index (χ0v) is 15.1. The normalized spacial score (nSPS) is 24.3. The van der Waals surface area contributed by atoms with Crippen molar-refractivity contribution in [2.45, 2.75) is 18.9 Å². The van der Waals surface area contributed by atoms with Crippen LogP contribution in [0.25, 0.3) is 0 Å². The molecular weight excluding hydrogens is 342 g/mol. The second kappa shape index (κ2) is 8.08. The Kier molecular flexibility index (Phi) is 6.67. The lowest BCUT2D eigenvalue weighted by Crippen LogP contribution is -2.49. The Morgan fingerprint density at radius 1 is 1.27 bits per heavy atom. The molecule has 0 saturated carbocycles. The molecule has 0 aromatic carbocycles. The summed E-state index contributed by atoms with van der Waals surface area (Å²) in [5, 5.41) is 5.34. The minimum absolute atomic E-state index is 0. The molecule has 1 aromatic rings. The molecule has 0 radical (unpaired) electrons. The fourth-order valence-electron chi connectivity index (χ4n) is 3.12. The van der Waals surface area contributed by atoms with Crippen LogP contribution < -0.4 is 5.32 Å². The molecule has 126 valence electrons. The predicted molar refractivity (Wildman–Crippen MR) is 93.5 cm³/mol. The van der Waals surface area contributed by atoms with Gasteiger partial charge in [-0.05, 0) is 24.3 Å². The standard InChI is InChI=1S/C14H23N3O2S2.ClH/c18-21(19,11-4-14-2-1-10-20-14)17-7-3-13(12-17)16-8-5-15-6-9-16;/h1-2,10,13,15H,3-9,11-12H2;1H. The predicted octanol–water partition coefficient (Wildman–Crippen LogP) is 1.02. The first-order valence-corrected chi connectivity index (χ1v) is 10.1. The van der Waals surface area contributed by atoms with Crippen molar-refractivity contribution >= 4 is 33.8 Å². The van der Waals surface area contributed by atoms with Gasteiger partial charge < -0.3 is 5.32 Å². The van der Waals surface area contributed by atoms with Crippen LogP contribution in [0.1, 0.15) is 11.3 Å². The van der Waals surface area contributed by atoms with Gasteiger partial charge in [0.1, 0.15) is 0 Å². The van der Waals surface area contributed by atoms with E-state index in [-0.39, 0.29) is 18.2 Å². The molecule has 1 aromatic heterocycles. The van der Waals surface area contributed by atoms with Gasteiger partial charge in [0.05, 0.1) is 5.75 Å². The van der Waals surface area contributed by atoms with E-state index in [1.165, 1.54) is 0 Å². The topological polar surface area (TPSA) is 52.7 Å². The Balaban J connectivity index is 0.00000176. The second-order valence-electron chi connectivity index (χ2n) is 5.73. The van der Waals surface area contributed by atoms with Crippen LogP contribution >= 0.6 is 23.7 Å². The number of sulfonamides is 1. The van der Waals surface area contributed by atoms with Gasteiger partial charge in [-0.2, -0.15) is 0 Å². The van der Waals surface area contributed by atoms with Crippen molar-refractivity contribution < 1.29 is 8.42 Å². The summed E-state index contributed by atoms with van der Waals surface area (Å²) in [7, 11) is -3.11. The Morgan fingerprint density at radius 2 is 2.05 bits per heavy atom. The van der Waals surface area contributed by atoms with Crippen molar-refractivity contribution in [3.63, 3.8) is 0 Å². The Hall–Kier alpha value is -0.180. The van der Waals surface area contributed by atoms with Crippen molar-refractivity contribution in [3.8, 4) is 0 Å². The van der Waals surface area contributed by atoms with Crippen LogP contribution in [-0.4, -0.2) is 68.7 Å². The summed E-state index contributed by atoms with van der Waals surface area (Å²) < 4.78 is 26.6. The van der Waals surface area contributed by atoms with Crippen LogP contribution in [0.3, 0.4) is 0 Å². The molecule has 0 spiro atoms. The fourth-order valence-corrected chi connectivity index (χ4v) is 5.48. The molecule has 5 nitrogen and oxygen atoms in total. The highest BCUT2D eigenvalue weighted by Crippen LogP contribution is 2.20. The van der Waals surface area contributed by atoms with Crippen molar-refractivity contribution in [3.05, 3.63) is 22.4 Å². The van der Waals surface area contributed by atoms with E-state index in [9.17, 15) is 8.42 Å². The minimum atomic E-state index is -3.11. The maximum atomic E-state index is 12.5. The van der Waals surface area contributed by atoms with Crippen LogP contribution in [0.2, 0.25) is 0 Å². The number of thiophene rings is 1. The lowest BCUT2D eigenvalue weighted by molar-refractivity contribution is 0.179. The first-order chi connectivity index (χ1) is 10.1. The summed E-state index contributed by atoms with van der Waals surface area (Å²) >= 11 is 1.63. The fraction of sp³-hybridized carbons (Fsp3) is 0.714. The van der Waals surface area contributed by atoms with Gasteiger partial charge in [0.15, 0.2) is 0 Å². The van der Waals surface area contributed by atoms with E-state index in [0.717, 1.165) is 37.5 Å². The van der Waals surface area contributed by atoms with Crippen molar-refractivity contribution in [1.82, 2.24) is 14.5 Å². The van der Waals surface area contributed by atoms with Gasteiger partial charge in [-0.1, -0.05) is 6.07 Å². The summed E-state index contributed by atoms with van der Waals surface area (Å²) in [6, 6.07) is 4.39.